The van der Waals surface area contributed by atoms with Crippen molar-refractivity contribution in [1.29, 1.82) is 0 Å². The SMILES string of the molecule is Cc1cc(C)c2c(C(=O)N3CCC[C@H]3C)cc(-c3cnn(CCO)c3)nc2c1. The summed E-state index contributed by atoms with van der Waals surface area (Å²) in [6.07, 6.45) is 5.70. The number of hydrogen-bond acceptors (Lipinski definition) is 4. The van der Waals surface area contributed by atoms with Crippen LogP contribution in [-0.2, 0) is 6.54 Å². The molecule has 3 heterocycles. The number of likely N-dealkylation sites (tertiary alicyclic amines) is 1. The number of hydrogen-bond donors (Lipinski definition) is 1. The smallest absolute Gasteiger partial charge is 0.254 e. The van der Waals surface area contributed by atoms with Crippen LogP contribution in [0.4, 0.5) is 0 Å². The van der Waals surface area contributed by atoms with Gasteiger partial charge in [-0.3, -0.25) is 9.48 Å². The molecule has 1 atom stereocenters. The molecule has 4 rings (SSSR count). The Morgan fingerprint density at radius 1 is 1.29 bits per heavy atom. The molecule has 1 aromatic carbocycles. The summed E-state index contributed by atoms with van der Waals surface area (Å²) in [5.74, 6) is 0.0772. The van der Waals surface area contributed by atoms with Crippen LogP contribution in [0.15, 0.2) is 30.6 Å². The van der Waals surface area contributed by atoms with E-state index in [9.17, 15) is 4.79 Å². The van der Waals surface area contributed by atoms with Gasteiger partial charge in [-0.2, -0.15) is 5.10 Å². The molecule has 6 heteroatoms. The molecule has 6 nitrogen and oxygen atoms in total. The Labute approximate surface area is 164 Å². The Balaban J connectivity index is 1.89. The highest BCUT2D eigenvalue weighted by Crippen LogP contribution is 2.30. The van der Waals surface area contributed by atoms with E-state index in [1.54, 1.807) is 10.9 Å². The second-order valence-electron chi connectivity index (χ2n) is 7.74. The fraction of sp³-hybridized carbons (Fsp3) is 0.409. The zero-order valence-electron chi connectivity index (χ0n) is 16.6. The van der Waals surface area contributed by atoms with E-state index < -0.39 is 0 Å². The maximum Gasteiger partial charge on any atom is 0.254 e. The van der Waals surface area contributed by atoms with E-state index in [0.717, 1.165) is 52.7 Å². The molecule has 0 radical (unpaired) electrons. The lowest BCUT2D eigenvalue weighted by Gasteiger charge is -2.23. The minimum Gasteiger partial charge on any atom is -0.394 e. The van der Waals surface area contributed by atoms with Gasteiger partial charge in [-0.25, -0.2) is 4.98 Å². The van der Waals surface area contributed by atoms with Crippen molar-refractivity contribution in [2.75, 3.05) is 13.2 Å². The number of amides is 1. The lowest BCUT2D eigenvalue weighted by molar-refractivity contribution is 0.0749. The molecule has 0 saturated carbocycles. The summed E-state index contributed by atoms with van der Waals surface area (Å²) in [5.41, 5.74) is 5.31. The van der Waals surface area contributed by atoms with Crippen molar-refractivity contribution in [3.8, 4) is 11.3 Å². The van der Waals surface area contributed by atoms with E-state index in [-0.39, 0.29) is 18.6 Å². The van der Waals surface area contributed by atoms with Crippen LogP contribution in [0.3, 0.4) is 0 Å². The maximum atomic E-state index is 13.4. The predicted octanol–water partition coefficient (Wildman–Crippen LogP) is 3.33. The number of pyridine rings is 1. The Bertz CT molecular complexity index is 1040. The Morgan fingerprint density at radius 3 is 2.82 bits per heavy atom. The number of aryl methyl sites for hydroxylation is 2. The first kappa shape index (κ1) is 18.6. The molecule has 1 saturated heterocycles. The van der Waals surface area contributed by atoms with Gasteiger partial charge in [0, 0.05) is 29.7 Å². The van der Waals surface area contributed by atoms with Crippen LogP contribution >= 0.6 is 0 Å². The van der Waals surface area contributed by atoms with Gasteiger partial charge in [0.2, 0.25) is 0 Å². The lowest BCUT2D eigenvalue weighted by atomic mass is 9.98. The molecule has 0 aliphatic carbocycles. The van der Waals surface area contributed by atoms with Crippen molar-refractivity contribution < 1.29 is 9.90 Å². The highest BCUT2D eigenvalue weighted by atomic mass is 16.3. The fourth-order valence-electron chi connectivity index (χ4n) is 4.18. The molecule has 146 valence electrons. The van der Waals surface area contributed by atoms with Gasteiger partial charge < -0.3 is 10.0 Å². The van der Waals surface area contributed by atoms with Crippen molar-refractivity contribution in [2.24, 2.45) is 0 Å². The van der Waals surface area contributed by atoms with Crippen LogP contribution < -0.4 is 0 Å². The monoisotopic (exact) mass is 378 g/mol. The molecule has 1 amide bonds. The van der Waals surface area contributed by atoms with Crippen molar-refractivity contribution in [2.45, 2.75) is 46.2 Å². The fourth-order valence-corrected chi connectivity index (χ4v) is 4.18. The molecule has 1 aliphatic rings. The Kier molecular flexibility index (Phi) is 4.89. The van der Waals surface area contributed by atoms with Crippen LogP contribution in [0.2, 0.25) is 0 Å². The number of rotatable bonds is 4. The standard InChI is InChI=1S/C22H26N4O2/c1-14-9-15(2)21-18(22(28)26-6-4-5-16(26)3)11-19(24-20(21)10-14)17-12-23-25(13-17)7-8-27/h9-13,16,27H,4-8H2,1-3H3/t16-/m1/s1. The number of carbonyl (C=O) groups excluding carboxylic acids is 1. The average molecular weight is 378 g/mol. The summed E-state index contributed by atoms with van der Waals surface area (Å²) in [7, 11) is 0. The van der Waals surface area contributed by atoms with E-state index in [4.69, 9.17) is 10.1 Å². The van der Waals surface area contributed by atoms with Gasteiger partial charge in [0.1, 0.15) is 0 Å². The number of benzene rings is 1. The largest absolute Gasteiger partial charge is 0.394 e. The maximum absolute atomic E-state index is 13.4. The van der Waals surface area contributed by atoms with E-state index in [0.29, 0.717) is 12.1 Å². The predicted molar refractivity (Wildman–Crippen MR) is 109 cm³/mol. The third kappa shape index (κ3) is 3.29. The van der Waals surface area contributed by atoms with Crippen molar-refractivity contribution in [3.05, 3.63) is 47.3 Å². The number of aliphatic hydroxyl groups excluding tert-OH is 1. The average Bonchev–Trinajstić information content (AvgIpc) is 3.29. The summed E-state index contributed by atoms with van der Waals surface area (Å²) < 4.78 is 1.69. The van der Waals surface area contributed by atoms with Crippen LogP contribution in [0.5, 0.6) is 0 Å². The topological polar surface area (TPSA) is 71.2 Å². The molecule has 1 aliphatic heterocycles. The van der Waals surface area contributed by atoms with Crippen LogP contribution in [0, 0.1) is 13.8 Å². The van der Waals surface area contributed by atoms with Gasteiger partial charge in [0.15, 0.2) is 0 Å². The van der Waals surface area contributed by atoms with Crippen LogP contribution in [-0.4, -0.2) is 49.9 Å². The lowest BCUT2D eigenvalue weighted by Crippen LogP contribution is -2.33. The Morgan fingerprint density at radius 2 is 2.11 bits per heavy atom. The zero-order valence-corrected chi connectivity index (χ0v) is 16.6. The normalized spacial score (nSPS) is 16.9. The molecule has 0 unspecified atom stereocenters. The van der Waals surface area contributed by atoms with Gasteiger partial charge >= 0.3 is 0 Å². The summed E-state index contributed by atoms with van der Waals surface area (Å²) in [6, 6.07) is 6.30. The molecule has 28 heavy (non-hydrogen) atoms. The number of aromatic nitrogens is 3. The summed E-state index contributed by atoms with van der Waals surface area (Å²) in [4.78, 5) is 20.3. The number of fused-ring (bicyclic) bond motifs is 1. The van der Waals surface area contributed by atoms with Crippen molar-refractivity contribution >= 4 is 16.8 Å². The highest BCUT2D eigenvalue weighted by molar-refractivity contribution is 6.08. The van der Waals surface area contributed by atoms with E-state index in [2.05, 4.69) is 18.1 Å². The first-order valence-corrected chi connectivity index (χ1v) is 9.84. The van der Waals surface area contributed by atoms with Crippen molar-refractivity contribution in [3.63, 3.8) is 0 Å². The van der Waals surface area contributed by atoms with Gasteiger partial charge in [0.25, 0.3) is 5.91 Å². The summed E-state index contributed by atoms with van der Waals surface area (Å²) in [6.45, 7) is 7.47. The quantitative estimate of drug-likeness (QED) is 0.756. The highest BCUT2D eigenvalue weighted by Gasteiger charge is 2.28. The Hall–Kier alpha value is -2.73. The molecular weight excluding hydrogens is 352 g/mol. The first-order valence-electron chi connectivity index (χ1n) is 9.84. The molecule has 1 N–H and O–H groups in total. The number of aliphatic hydroxyl groups is 1. The van der Waals surface area contributed by atoms with Crippen LogP contribution in [0.25, 0.3) is 22.2 Å². The molecule has 1 fully saturated rings. The second-order valence-corrected chi connectivity index (χ2v) is 7.74. The van der Waals surface area contributed by atoms with Gasteiger partial charge in [-0.05, 0) is 56.9 Å². The number of nitrogens with zero attached hydrogens (tertiary/aromatic N) is 4. The molecule has 3 aromatic rings. The first-order chi connectivity index (χ1) is 13.5. The summed E-state index contributed by atoms with van der Waals surface area (Å²) >= 11 is 0. The molecule has 0 bridgehead atoms. The van der Waals surface area contributed by atoms with E-state index >= 15 is 0 Å². The van der Waals surface area contributed by atoms with Crippen molar-refractivity contribution in [1.82, 2.24) is 19.7 Å². The van der Waals surface area contributed by atoms with Crippen LogP contribution in [0.1, 0.15) is 41.3 Å². The molecule has 2 aromatic heterocycles. The second kappa shape index (κ2) is 7.36. The van der Waals surface area contributed by atoms with E-state index in [1.165, 1.54) is 0 Å². The third-order valence-electron chi connectivity index (χ3n) is 5.55. The zero-order chi connectivity index (χ0) is 19.8. The van der Waals surface area contributed by atoms with Gasteiger partial charge in [-0.1, -0.05) is 6.07 Å². The molecular formula is C22H26N4O2. The third-order valence-corrected chi connectivity index (χ3v) is 5.55. The minimum atomic E-state index is 0.0290. The van der Waals surface area contributed by atoms with E-state index in [1.807, 2.05) is 37.1 Å². The number of carbonyl (C=O) groups is 1. The van der Waals surface area contributed by atoms with Gasteiger partial charge in [-0.15, -0.1) is 0 Å². The van der Waals surface area contributed by atoms with Gasteiger partial charge in [0.05, 0.1) is 36.1 Å². The summed E-state index contributed by atoms with van der Waals surface area (Å²) in [5, 5.41) is 14.4. The minimum absolute atomic E-state index is 0.0290. The molecule has 0 spiro atoms.